The summed E-state index contributed by atoms with van der Waals surface area (Å²) in [6, 6.07) is 6.09. The van der Waals surface area contributed by atoms with Crippen molar-refractivity contribution < 1.29 is 4.79 Å². The minimum atomic E-state index is 0.117. The van der Waals surface area contributed by atoms with Crippen molar-refractivity contribution in [3.8, 4) is 11.3 Å². The van der Waals surface area contributed by atoms with Gasteiger partial charge in [0.25, 0.3) is 5.91 Å². The van der Waals surface area contributed by atoms with E-state index >= 15 is 0 Å². The second-order valence-corrected chi connectivity index (χ2v) is 8.04. The number of rotatable bonds is 3. The Labute approximate surface area is 166 Å². The maximum Gasteiger partial charge on any atom is 0.254 e. The second-order valence-electron chi connectivity index (χ2n) is 8.04. The lowest BCUT2D eigenvalue weighted by Crippen LogP contribution is -2.39. The summed E-state index contributed by atoms with van der Waals surface area (Å²) in [6.45, 7) is 10.9. The zero-order valence-electron chi connectivity index (χ0n) is 17.2. The van der Waals surface area contributed by atoms with Crippen LogP contribution < -0.4 is 0 Å². The van der Waals surface area contributed by atoms with Crippen LogP contribution in [0.1, 0.15) is 48.2 Å². The molecule has 0 radical (unpaired) electrons. The Hall–Kier alpha value is -2.69. The van der Waals surface area contributed by atoms with Gasteiger partial charge in [0.2, 0.25) is 0 Å². The molecule has 2 aromatic heterocycles. The highest BCUT2D eigenvalue weighted by molar-refractivity contribution is 6.08. The fourth-order valence-corrected chi connectivity index (χ4v) is 4.07. The van der Waals surface area contributed by atoms with Gasteiger partial charge in [0.1, 0.15) is 0 Å². The SMILES string of the molecule is CCn1cc(-c2cc(C(=O)N3CCC[C@@H](C)C3)c3ccc(C)c(C)c3n2)cn1. The van der Waals surface area contributed by atoms with Gasteiger partial charge in [-0.2, -0.15) is 5.10 Å². The van der Waals surface area contributed by atoms with E-state index in [0.29, 0.717) is 5.92 Å². The summed E-state index contributed by atoms with van der Waals surface area (Å²) >= 11 is 0. The van der Waals surface area contributed by atoms with Crippen LogP contribution in [-0.2, 0) is 6.54 Å². The van der Waals surface area contributed by atoms with Crippen LogP contribution in [0, 0.1) is 19.8 Å². The Bertz CT molecular complexity index is 1040. The smallest absolute Gasteiger partial charge is 0.254 e. The molecule has 28 heavy (non-hydrogen) atoms. The molecule has 1 amide bonds. The number of nitrogens with zero attached hydrogens (tertiary/aromatic N) is 4. The predicted octanol–water partition coefficient (Wildman–Crippen LogP) is 4.61. The molecule has 0 saturated carbocycles. The predicted molar refractivity (Wildman–Crippen MR) is 112 cm³/mol. The molecule has 146 valence electrons. The van der Waals surface area contributed by atoms with Crippen molar-refractivity contribution >= 4 is 16.8 Å². The third-order valence-corrected chi connectivity index (χ3v) is 5.93. The van der Waals surface area contributed by atoms with Gasteiger partial charge in [-0.3, -0.25) is 9.48 Å². The first-order valence-corrected chi connectivity index (χ1v) is 10.2. The fourth-order valence-electron chi connectivity index (χ4n) is 4.07. The molecule has 0 aliphatic carbocycles. The Morgan fingerprint density at radius 1 is 1.29 bits per heavy atom. The third kappa shape index (κ3) is 3.30. The number of pyridine rings is 1. The lowest BCUT2D eigenvalue weighted by molar-refractivity contribution is 0.0685. The first-order chi connectivity index (χ1) is 13.5. The average Bonchev–Trinajstić information content (AvgIpc) is 3.19. The largest absolute Gasteiger partial charge is 0.338 e. The van der Waals surface area contributed by atoms with E-state index in [1.165, 1.54) is 12.0 Å². The summed E-state index contributed by atoms with van der Waals surface area (Å²) in [5.41, 5.74) is 5.74. The van der Waals surface area contributed by atoms with Gasteiger partial charge in [-0.05, 0) is 56.7 Å². The zero-order chi connectivity index (χ0) is 19.8. The number of aryl methyl sites for hydroxylation is 3. The molecule has 0 spiro atoms. The summed E-state index contributed by atoms with van der Waals surface area (Å²) in [5, 5.41) is 5.33. The number of likely N-dealkylation sites (tertiary alicyclic amines) is 1. The van der Waals surface area contributed by atoms with Gasteiger partial charge in [-0.15, -0.1) is 0 Å². The van der Waals surface area contributed by atoms with Crippen molar-refractivity contribution in [2.45, 2.75) is 47.1 Å². The van der Waals surface area contributed by atoms with Gasteiger partial charge in [-0.25, -0.2) is 4.98 Å². The summed E-state index contributed by atoms with van der Waals surface area (Å²) in [7, 11) is 0. The van der Waals surface area contributed by atoms with E-state index in [4.69, 9.17) is 4.98 Å². The minimum Gasteiger partial charge on any atom is -0.338 e. The Morgan fingerprint density at radius 2 is 2.11 bits per heavy atom. The topological polar surface area (TPSA) is 51.0 Å². The molecule has 1 saturated heterocycles. The summed E-state index contributed by atoms with van der Waals surface area (Å²) in [4.78, 5) is 20.4. The van der Waals surface area contributed by atoms with Crippen LogP contribution in [0.2, 0.25) is 0 Å². The molecular formula is C23H28N4O. The van der Waals surface area contributed by atoms with E-state index in [9.17, 15) is 4.79 Å². The van der Waals surface area contributed by atoms with Crippen molar-refractivity contribution in [2.24, 2.45) is 5.92 Å². The number of piperidine rings is 1. The van der Waals surface area contributed by atoms with Crippen molar-refractivity contribution in [3.05, 3.63) is 47.3 Å². The van der Waals surface area contributed by atoms with Gasteiger partial charge in [0, 0.05) is 36.8 Å². The summed E-state index contributed by atoms with van der Waals surface area (Å²) in [5.74, 6) is 0.670. The molecule has 5 heteroatoms. The monoisotopic (exact) mass is 376 g/mol. The fraction of sp³-hybridized carbons (Fsp3) is 0.435. The molecule has 3 heterocycles. The lowest BCUT2D eigenvalue weighted by atomic mass is 9.96. The molecule has 1 aromatic carbocycles. The summed E-state index contributed by atoms with van der Waals surface area (Å²) in [6.07, 6.45) is 6.10. The normalized spacial score (nSPS) is 17.3. The van der Waals surface area contributed by atoms with E-state index in [0.717, 1.165) is 59.3 Å². The number of benzene rings is 1. The first kappa shape index (κ1) is 18.7. The van der Waals surface area contributed by atoms with Crippen molar-refractivity contribution in [3.63, 3.8) is 0 Å². The average molecular weight is 377 g/mol. The zero-order valence-corrected chi connectivity index (χ0v) is 17.2. The first-order valence-electron chi connectivity index (χ1n) is 10.2. The maximum absolute atomic E-state index is 13.5. The number of fused-ring (bicyclic) bond motifs is 1. The number of hydrogen-bond donors (Lipinski definition) is 0. The van der Waals surface area contributed by atoms with Crippen LogP contribution in [-0.4, -0.2) is 38.7 Å². The standard InChI is InChI=1S/C23H28N4O/c1-5-27-14-18(12-24-27)21-11-20(23(28)26-10-6-7-15(2)13-26)19-9-8-16(3)17(4)22(19)25-21/h8-9,11-12,14-15H,5-7,10,13H2,1-4H3/t15-/m1/s1. The van der Waals surface area contributed by atoms with E-state index in [1.54, 1.807) is 0 Å². The van der Waals surface area contributed by atoms with Crippen LogP contribution in [0.15, 0.2) is 30.6 Å². The molecule has 5 nitrogen and oxygen atoms in total. The van der Waals surface area contributed by atoms with Crippen LogP contribution in [0.4, 0.5) is 0 Å². The molecule has 1 aliphatic heterocycles. The van der Waals surface area contributed by atoms with Gasteiger partial charge >= 0.3 is 0 Å². The molecule has 4 rings (SSSR count). The van der Waals surface area contributed by atoms with Gasteiger partial charge in [-0.1, -0.05) is 19.1 Å². The Kier molecular flexibility index (Phi) is 4.92. The number of hydrogen-bond acceptors (Lipinski definition) is 3. The van der Waals surface area contributed by atoms with E-state index in [-0.39, 0.29) is 5.91 Å². The van der Waals surface area contributed by atoms with Crippen LogP contribution in [0.25, 0.3) is 22.2 Å². The van der Waals surface area contributed by atoms with E-state index in [2.05, 4.69) is 38.9 Å². The quantitative estimate of drug-likeness (QED) is 0.671. The summed E-state index contributed by atoms with van der Waals surface area (Å²) < 4.78 is 1.89. The molecule has 0 N–H and O–H groups in total. The second kappa shape index (κ2) is 7.38. The highest BCUT2D eigenvalue weighted by Crippen LogP contribution is 2.30. The molecule has 1 aliphatic rings. The van der Waals surface area contributed by atoms with Crippen molar-refractivity contribution in [2.75, 3.05) is 13.1 Å². The number of amides is 1. The number of aromatic nitrogens is 3. The molecule has 1 fully saturated rings. The Balaban J connectivity index is 1.88. The molecule has 0 bridgehead atoms. The van der Waals surface area contributed by atoms with Crippen molar-refractivity contribution in [1.82, 2.24) is 19.7 Å². The van der Waals surface area contributed by atoms with Gasteiger partial charge in [0.05, 0.1) is 23.0 Å². The van der Waals surface area contributed by atoms with Crippen LogP contribution in [0.3, 0.4) is 0 Å². The van der Waals surface area contributed by atoms with E-state index < -0.39 is 0 Å². The molecular weight excluding hydrogens is 348 g/mol. The number of carbonyl (C=O) groups excluding carboxylic acids is 1. The van der Waals surface area contributed by atoms with Crippen LogP contribution >= 0.6 is 0 Å². The van der Waals surface area contributed by atoms with Gasteiger partial charge < -0.3 is 4.90 Å². The highest BCUT2D eigenvalue weighted by atomic mass is 16.2. The highest BCUT2D eigenvalue weighted by Gasteiger charge is 2.25. The molecule has 3 aromatic rings. The maximum atomic E-state index is 13.5. The van der Waals surface area contributed by atoms with Crippen LogP contribution in [0.5, 0.6) is 0 Å². The minimum absolute atomic E-state index is 0.117. The molecule has 1 atom stereocenters. The van der Waals surface area contributed by atoms with Crippen molar-refractivity contribution in [1.29, 1.82) is 0 Å². The van der Waals surface area contributed by atoms with Gasteiger partial charge in [0.15, 0.2) is 0 Å². The Morgan fingerprint density at radius 3 is 2.82 bits per heavy atom. The number of carbonyl (C=O) groups is 1. The lowest BCUT2D eigenvalue weighted by Gasteiger charge is -2.31. The van der Waals surface area contributed by atoms with E-state index in [1.807, 2.05) is 34.1 Å². The third-order valence-electron chi connectivity index (χ3n) is 5.93. The molecule has 0 unspecified atom stereocenters.